The van der Waals surface area contributed by atoms with Crippen molar-refractivity contribution in [2.45, 2.75) is 90.3 Å². The molecule has 1 amide bonds. The van der Waals surface area contributed by atoms with Crippen molar-refractivity contribution in [1.82, 2.24) is 9.80 Å². The lowest BCUT2D eigenvalue weighted by atomic mass is 9.47. The number of allylic oxidation sites excluding steroid dienone is 1. The number of benzene rings is 1. The minimum atomic E-state index is -0.881. The van der Waals surface area contributed by atoms with Crippen LogP contribution in [0.2, 0.25) is 0 Å². The van der Waals surface area contributed by atoms with E-state index in [1.165, 1.54) is 45.6 Å². The van der Waals surface area contributed by atoms with Gasteiger partial charge in [-0.15, -0.1) is 0 Å². The van der Waals surface area contributed by atoms with Crippen molar-refractivity contribution in [2.24, 2.45) is 34.5 Å². The van der Waals surface area contributed by atoms with Crippen molar-refractivity contribution < 1.29 is 14.3 Å². The quantitative estimate of drug-likeness (QED) is 0.362. The van der Waals surface area contributed by atoms with Crippen LogP contribution in [0.5, 0.6) is 0 Å². The van der Waals surface area contributed by atoms with E-state index in [1.54, 1.807) is 5.57 Å². The molecule has 1 aromatic rings. The fraction of sp³-hybridized carbons (Fsp3) is 0.697. The lowest BCUT2D eigenvalue weighted by molar-refractivity contribution is -0.160. The van der Waals surface area contributed by atoms with E-state index >= 15 is 0 Å². The highest BCUT2D eigenvalue weighted by Crippen LogP contribution is 2.68. The van der Waals surface area contributed by atoms with Crippen molar-refractivity contribution in [2.75, 3.05) is 20.6 Å². The third-order valence-corrected chi connectivity index (χ3v) is 12.2. The SMILES string of the molecule is CC(=O)O[C@@H](C(=O)N(C)[C@H]1CC[C@@]2(C)C(=CC[C@H]3[C@@H]4CC[C@@H]5[C@H](C)N(C)C[C@@]54CC[C@@H]32)C1)c1ccccc1. The zero-order chi connectivity index (χ0) is 26.8. The van der Waals surface area contributed by atoms with Gasteiger partial charge in [0.05, 0.1) is 0 Å². The van der Waals surface area contributed by atoms with Crippen LogP contribution in [-0.4, -0.2) is 54.4 Å². The van der Waals surface area contributed by atoms with Crippen LogP contribution in [0.1, 0.15) is 83.8 Å². The summed E-state index contributed by atoms with van der Waals surface area (Å²) >= 11 is 0. The summed E-state index contributed by atoms with van der Waals surface area (Å²) in [5.41, 5.74) is 3.14. The van der Waals surface area contributed by atoms with Gasteiger partial charge in [-0.05, 0) is 99.8 Å². The highest BCUT2D eigenvalue weighted by Gasteiger charge is 2.64. The van der Waals surface area contributed by atoms with Gasteiger partial charge in [-0.25, -0.2) is 0 Å². The smallest absolute Gasteiger partial charge is 0.303 e. The lowest BCUT2D eigenvalue weighted by Gasteiger charge is -2.58. The normalized spacial score (nSPS) is 40.7. The Bertz CT molecular complexity index is 1120. The van der Waals surface area contributed by atoms with Gasteiger partial charge in [0, 0.05) is 38.2 Å². The Hall–Kier alpha value is -2.14. The van der Waals surface area contributed by atoms with Crippen molar-refractivity contribution in [3.8, 4) is 0 Å². The summed E-state index contributed by atoms with van der Waals surface area (Å²) in [4.78, 5) is 30.1. The molecule has 0 bridgehead atoms. The average Bonchev–Trinajstić information content (AvgIpc) is 3.39. The summed E-state index contributed by atoms with van der Waals surface area (Å²) in [6.45, 7) is 7.70. The van der Waals surface area contributed by atoms with Crippen LogP contribution in [0.15, 0.2) is 42.0 Å². The van der Waals surface area contributed by atoms with Gasteiger partial charge in [0.2, 0.25) is 6.10 Å². The zero-order valence-electron chi connectivity index (χ0n) is 24.0. The van der Waals surface area contributed by atoms with Crippen LogP contribution in [0.3, 0.4) is 0 Å². The Kier molecular flexibility index (Phi) is 6.53. The van der Waals surface area contributed by atoms with E-state index in [-0.39, 0.29) is 17.4 Å². The third kappa shape index (κ3) is 3.90. The molecule has 9 atom stereocenters. The van der Waals surface area contributed by atoms with Crippen molar-refractivity contribution >= 4 is 11.9 Å². The van der Waals surface area contributed by atoms with Crippen molar-refractivity contribution in [1.29, 1.82) is 0 Å². The van der Waals surface area contributed by atoms with Crippen molar-refractivity contribution in [3.05, 3.63) is 47.5 Å². The molecule has 0 unspecified atom stereocenters. The number of esters is 1. The summed E-state index contributed by atoms with van der Waals surface area (Å²) in [7, 11) is 4.26. The first-order valence-corrected chi connectivity index (χ1v) is 15.0. The molecule has 4 fully saturated rings. The second-order valence-corrected chi connectivity index (χ2v) is 13.6. The predicted molar refractivity (Wildman–Crippen MR) is 149 cm³/mol. The van der Waals surface area contributed by atoms with Crippen LogP contribution in [-0.2, 0) is 14.3 Å². The van der Waals surface area contributed by atoms with Gasteiger partial charge in [-0.3, -0.25) is 9.59 Å². The maximum Gasteiger partial charge on any atom is 0.303 e. The van der Waals surface area contributed by atoms with E-state index in [0.717, 1.165) is 54.5 Å². The molecule has 1 aromatic carbocycles. The summed E-state index contributed by atoms with van der Waals surface area (Å²) in [5.74, 6) is 2.82. The number of rotatable bonds is 4. The maximum atomic E-state index is 13.7. The molecule has 206 valence electrons. The van der Waals surface area contributed by atoms with Crippen LogP contribution in [0.25, 0.3) is 0 Å². The first-order valence-electron chi connectivity index (χ1n) is 15.0. The predicted octanol–water partition coefficient (Wildman–Crippen LogP) is 6.01. The van der Waals surface area contributed by atoms with E-state index in [1.807, 2.05) is 42.3 Å². The maximum absolute atomic E-state index is 13.7. The minimum absolute atomic E-state index is 0.120. The summed E-state index contributed by atoms with van der Waals surface area (Å²) in [5, 5.41) is 0. The minimum Gasteiger partial charge on any atom is -0.447 e. The molecule has 5 nitrogen and oxygen atoms in total. The van der Waals surface area contributed by atoms with Crippen LogP contribution >= 0.6 is 0 Å². The van der Waals surface area contributed by atoms with Gasteiger partial charge < -0.3 is 14.5 Å². The Labute approximate surface area is 229 Å². The molecule has 5 heteroatoms. The number of amides is 1. The summed E-state index contributed by atoms with van der Waals surface area (Å²) in [6.07, 6.45) is 11.7. The Balaban J connectivity index is 1.20. The number of hydrogen-bond donors (Lipinski definition) is 0. The highest BCUT2D eigenvalue weighted by atomic mass is 16.5. The molecule has 1 heterocycles. The van der Waals surface area contributed by atoms with Gasteiger partial charge in [-0.2, -0.15) is 0 Å². The molecule has 3 saturated carbocycles. The molecule has 1 saturated heterocycles. The second kappa shape index (κ2) is 9.50. The lowest BCUT2D eigenvalue weighted by Crippen LogP contribution is -2.53. The third-order valence-electron chi connectivity index (χ3n) is 12.2. The number of likely N-dealkylation sites (N-methyl/N-ethyl adjacent to an activating group) is 1. The molecule has 1 aliphatic heterocycles. The molecule has 5 aliphatic rings. The Morgan fingerprint density at radius 2 is 1.79 bits per heavy atom. The molecule has 4 aliphatic carbocycles. The number of ether oxygens (including phenoxy) is 1. The largest absolute Gasteiger partial charge is 0.447 e. The van der Waals surface area contributed by atoms with Gasteiger partial charge >= 0.3 is 5.97 Å². The Morgan fingerprint density at radius 1 is 1.05 bits per heavy atom. The van der Waals surface area contributed by atoms with E-state index in [0.29, 0.717) is 5.41 Å². The number of carbonyl (C=O) groups is 2. The molecule has 0 N–H and O–H groups in total. The molecule has 6 rings (SSSR count). The topological polar surface area (TPSA) is 49.9 Å². The number of hydrogen-bond acceptors (Lipinski definition) is 4. The van der Waals surface area contributed by atoms with Gasteiger partial charge in [0.15, 0.2) is 0 Å². The summed E-state index contributed by atoms with van der Waals surface area (Å²) in [6, 6.07) is 10.3. The van der Waals surface area contributed by atoms with Gasteiger partial charge in [-0.1, -0.05) is 48.9 Å². The molecule has 1 spiro atoms. The molecule has 38 heavy (non-hydrogen) atoms. The van der Waals surface area contributed by atoms with Crippen LogP contribution in [0.4, 0.5) is 0 Å². The van der Waals surface area contributed by atoms with Gasteiger partial charge in [0.25, 0.3) is 5.91 Å². The molecule has 0 radical (unpaired) electrons. The zero-order valence-corrected chi connectivity index (χ0v) is 24.0. The fourth-order valence-electron chi connectivity index (χ4n) is 10.2. The monoisotopic (exact) mass is 518 g/mol. The summed E-state index contributed by atoms with van der Waals surface area (Å²) < 4.78 is 5.55. The molecule has 0 aromatic heterocycles. The van der Waals surface area contributed by atoms with Gasteiger partial charge in [0.1, 0.15) is 0 Å². The van der Waals surface area contributed by atoms with E-state index < -0.39 is 12.1 Å². The fourth-order valence-corrected chi connectivity index (χ4v) is 10.2. The van der Waals surface area contributed by atoms with Crippen LogP contribution < -0.4 is 0 Å². The van der Waals surface area contributed by atoms with Crippen LogP contribution in [0, 0.1) is 34.5 Å². The molecular weight excluding hydrogens is 472 g/mol. The van der Waals surface area contributed by atoms with Crippen molar-refractivity contribution in [3.63, 3.8) is 0 Å². The highest BCUT2D eigenvalue weighted by molar-refractivity contribution is 5.84. The molecular formula is C33H46N2O3. The standard InChI is InChI=1S/C33H46N2O3/c1-21-27-13-14-29-26-12-11-24-19-25(15-17-32(24,3)28(26)16-18-33(27,29)20-34(21)4)35(5)31(37)30(38-22(2)36)23-9-7-6-8-10-23/h6-11,21,25-30H,12-20H2,1-5H3/t21-,25-,26+,27+,28-,29-,30+,32-,33-/m0/s1. The average molecular weight is 519 g/mol. The second-order valence-electron chi connectivity index (χ2n) is 13.6. The number of likely N-dealkylation sites (tertiary alicyclic amines) is 1. The Morgan fingerprint density at radius 3 is 2.53 bits per heavy atom. The number of nitrogens with zero attached hydrogens (tertiary/aromatic N) is 2. The van der Waals surface area contributed by atoms with E-state index in [2.05, 4.69) is 31.9 Å². The van der Waals surface area contributed by atoms with E-state index in [9.17, 15) is 9.59 Å². The first kappa shape index (κ1) is 26.1. The number of fused-ring (bicyclic) bond motifs is 4. The first-order chi connectivity index (χ1) is 18.2. The number of carbonyl (C=O) groups excluding carboxylic acids is 2. The van der Waals surface area contributed by atoms with E-state index in [4.69, 9.17) is 4.74 Å².